The molecule has 2 N–H and O–H groups in total. The van der Waals surface area contributed by atoms with Crippen molar-refractivity contribution >= 4 is 33.7 Å². The second-order valence-corrected chi connectivity index (χ2v) is 9.05. The minimum atomic E-state index is -3.83. The van der Waals surface area contributed by atoms with Crippen LogP contribution < -0.4 is 10.1 Å². The SMILES string of the molecule is Cc1ccc(S(=O)(=O)N[C@H](CC(C)C)C(=O)N/N=C\c2ccc(Cl)cc2)cc1. The third-order valence-electron chi connectivity index (χ3n) is 3.91. The van der Waals surface area contributed by atoms with E-state index in [4.69, 9.17) is 11.6 Å². The summed E-state index contributed by atoms with van der Waals surface area (Å²) in [5.74, 6) is -0.411. The van der Waals surface area contributed by atoms with Crippen LogP contribution in [0, 0.1) is 12.8 Å². The van der Waals surface area contributed by atoms with Crippen LogP contribution in [0.4, 0.5) is 0 Å². The molecule has 0 aliphatic carbocycles. The molecule has 0 heterocycles. The number of hydrazone groups is 1. The van der Waals surface area contributed by atoms with Crippen LogP contribution in [0.2, 0.25) is 5.02 Å². The van der Waals surface area contributed by atoms with Gasteiger partial charge < -0.3 is 0 Å². The van der Waals surface area contributed by atoms with Crippen molar-refractivity contribution in [2.24, 2.45) is 11.0 Å². The van der Waals surface area contributed by atoms with E-state index in [2.05, 4.69) is 15.2 Å². The number of hydrogen-bond donors (Lipinski definition) is 2. The van der Waals surface area contributed by atoms with Crippen molar-refractivity contribution < 1.29 is 13.2 Å². The van der Waals surface area contributed by atoms with E-state index < -0.39 is 22.0 Å². The summed E-state index contributed by atoms with van der Waals surface area (Å²) in [7, 11) is -3.83. The van der Waals surface area contributed by atoms with E-state index in [1.54, 1.807) is 36.4 Å². The van der Waals surface area contributed by atoms with Gasteiger partial charge in [0, 0.05) is 5.02 Å². The highest BCUT2D eigenvalue weighted by Crippen LogP contribution is 2.13. The summed E-state index contributed by atoms with van der Waals surface area (Å²) in [6.07, 6.45) is 1.81. The standard InChI is InChI=1S/C20H24ClN3O3S/c1-14(2)12-19(24-28(26,27)18-10-4-15(3)5-11-18)20(25)23-22-13-16-6-8-17(21)9-7-16/h4-11,13-14,19,24H,12H2,1-3H3,(H,23,25)/b22-13-/t19-/m1/s1. The van der Waals surface area contributed by atoms with Crippen molar-refractivity contribution in [3.8, 4) is 0 Å². The first-order valence-corrected chi connectivity index (χ1v) is 10.7. The third kappa shape index (κ3) is 6.74. The topological polar surface area (TPSA) is 87.6 Å². The van der Waals surface area contributed by atoms with Crippen LogP contribution in [0.1, 0.15) is 31.4 Å². The fourth-order valence-electron chi connectivity index (χ4n) is 2.45. The lowest BCUT2D eigenvalue weighted by molar-refractivity contribution is -0.123. The molecule has 0 radical (unpaired) electrons. The summed E-state index contributed by atoms with van der Waals surface area (Å²) in [6, 6.07) is 12.4. The van der Waals surface area contributed by atoms with Gasteiger partial charge in [0.1, 0.15) is 6.04 Å². The Morgan fingerprint density at radius 2 is 1.71 bits per heavy atom. The van der Waals surface area contributed by atoms with Crippen LogP contribution in [0.3, 0.4) is 0 Å². The predicted molar refractivity (Wildman–Crippen MR) is 112 cm³/mol. The van der Waals surface area contributed by atoms with Crippen LogP contribution in [0.5, 0.6) is 0 Å². The van der Waals surface area contributed by atoms with E-state index in [1.807, 2.05) is 20.8 Å². The average Bonchev–Trinajstić information content (AvgIpc) is 2.62. The fourth-order valence-corrected chi connectivity index (χ4v) is 3.78. The molecule has 0 aromatic heterocycles. The number of sulfonamides is 1. The Hall–Kier alpha value is -2.22. The van der Waals surface area contributed by atoms with Crippen molar-refractivity contribution in [3.63, 3.8) is 0 Å². The van der Waals surface area contributed by atoms with Crippen molar-refractivity contribution in [2.45, 2.75) is 38.1 Å². The number of hydrogen-bond acceptors (Lipinski definition) is 4. The van der Waals surface area contributed by atoms with Crippen LogP contribution in [0.25, 0.3) is 0 Å². The monoisotopic (exact) mass is 421 g/mol. The minimum absolute atomic E-state index is 0.108. The number of nitrogens with zero attached hydrogens (tertiary/aromatic N) is 1. The molecule has 0 aliphatic rings. The van der Waals surface area contributed by atoms with Crippen LogP contribution in [0.15, 0.2) is 58.5 Å². The second-order valence-electron chi connectivity index (χ2n) is 6.90. The lowest BCUT2D eigenvalue weighted by atomic mass is 10.0. The van der Waals surface area contributed by atoms with E-state index in [9.17, 15) is 13.2 Å². The van der Waals surface area contributed by atoms with Crippen LogP contribution in [-0.4, -0.2) is 26.6 Å². The number of aryl methyl sites for hydroxylation is 1. The van der Waals surface area contributed by atoms with Gasteiger partial charge in [0.15, 0.2) is 0 Å². The van der Waals surface area contributed by atoms with E-state index in [0.717, 1.165) is 11.1 Å². The van der Waals surface area contributed by atoms with Gasteiger partial charge in [-0.05, 0) is 49.1 Å². The fraction of sp³-hybridized carbons (Fsp3) is 0.300. The molecule has 0 bridgehead atoms. The maximum absolute atomic E-state index is 12.6. The molecular formula is C20H24ClN3O3S. The lowest BCUT2D eigenvalue weighted by Crippen LogP contribution is -2.46. The first-order valence-electron chi connectivity index (χ1n) is 8.85. The molecule has 0 spiro atoms. The molecule has 0 saturated heterocycles. The number of benzene rings is 2. The molecule has 2 aromatic rings. The molecule has 0 fully saturated rings. The Kier molecular flexibility index (Phi) is 7.74. The molecule has 0 unspecified atom stereocenters. The Bertz CT molecular complexity index is 924. The Morgan fingerprint density at radius 1 is 1.11 bits per heavy atom. The summed E-state index contributed by atoms with van der Waals surface area (Å²) < 4.78 is 27.7. The highest BCUT2D eigenvalue weighted by atomic mass is 35.5. The molecule has 0 saturated carbocycles. The van der Waals surface area contributed by atoms with Crippen molar-refractivity contribution in [1.29, 1.82) is 0 Å². The van der Waals surface area contributed by atoms with Crippen molar-refractivity contribution in [3.05, 3.63) is 64.7 Å². The van der Waals surface area contributed by atoms with Gasteiger partial charge >= 0.3 is 0 Å². The maximum Gasteiger partial charge on any atom is 0.258 e. The van der Waals surface area contributed by atoms with Crippen LogP contribution in [-0.2, 0) is 14.8 Å². The highest BCUT2D eigenvalue weighted by molar-refractivity contribution is 7.89. The molecule has 1 amide bonds. The second kappa shape index (κ2) is 9.82. The molecule has 0 aliphatic heterocycles. The van der Waals surface area contributed by atoms with Gasteiger partial charge in [0.25, 0.3) is 5.91 Å². The normalized spacial score (nSPS) is 13.0. The maximum atomic E-state index is 12.6. The Balaban J connectivity index is 2.10. The van der Waals surface area contributed by atoms with E-state index in [0.29, 0.717) is 11.4 Å². The summed E-state index contributed by atoms with van der Waals surface area (Å²) in [5.41, 5.74) is 4.11. The molecule has 8 heteroatoms. The molecule has 2 aromatic carbocycles. The molecule has 2 rings (SSSR count). The van der Waals surface area contributed by atoms with E-state index in [-0.39, 0.29) is 10.8 Å². The number of nitrogens with one attached hydrogen (secondary N) is 2. The summed E-state index contributed by atoms with van der Waals surface area (Å²) in [4.78, 5) is 12.6. The zero-order valence-corrected chi connectivity index (χ0v) is 17.6. The number of halogens is 1. The van der Waals surface area contributed by atoms with Crippen LogP contribution >= 0.6 is 11.6 Å². The minimum Gasteiger partial charge on any atom is -0.271 e. The molecule has 6 nitrogen and oxygen atoms in total. The molecular weight excluding hydrogens is 398 g/mol. The summed E-state index contributed by atoms with van der Waals surface area (Å²) in [6.45, 7) is 5.70. The van der Waals surface area contributed by atoms with Crippen molar-refractivity contribution in [2.75, 3.05) is 0 Å². The van der Waals surface area contributed by atoms with Gasteiger partial charge in [0.2, 0.25) is 10.0 Å². The van der Waals surface area contributed by atoms with Gasteiger partial charge in [-0.25, -0.2) is 13.8 Å². The molecule has 150 valence electrons. The van der Waals surface area contributed by atoms with E-state index in [1.165, 1.54) is 18.3 Å². The predicted octanol–water partition coefficient (Wildman–Crippen LogP) is 3.49. The number of amides is 1. The number of rotatable bonds is 8. The first-order chi connectivity index (χ1) is 13.2. The highest BCUT2D eigenvalue weighted by Gasteiger charge is 2.26. The first kappa shape index (κ1) is 22.1. The molecule has 1 atom stereocenters. The third-order valence-corrected chi connectivity index (χ3v) is 5.65. The summed E-state index contributed by atoms with van der Waals surface area (Å²) in [5, 5.41) is 4.51. The van der Waals surface area contributed by atoms with Gasteiger partial charge in [-0.2, -0.15) is 9.82 Å². The molecule has 28 heavy (non-hydrogen) atoms. The zero-order valence-electron chi connectivity index (χ0n) is 16.0. The number of carbonyl (C=O) groups excluding carboxylic acids is 1. The van der Waals surface area contributed by atoms with E-state index >= 15 is 0 Å². The zero-order chi connectivity index (χ0) is 20.7. The number of carbonyl (C=O) groups is 1. The lowest BCUT2D eigenvalue weighted by Gasteiger charge is -2.19. The average molecular weight is 422 g/mol. The smallest absolute Gasteiger partial charge is 0.258 e. The summed E-state index contributed by atoms with van der Waals surface area (Å²) >= 11 is 5.83. The van der Waals surface area contributed by atoms with Gasteiger partial charge in [-0.15, -0.1) is 0 Å². The Labute approximate surface area is 171 Å². The quantitative estimate of drug-likeness (QED) is 0.505. The van der Waals surface area contributed by atoms with Gasteiger partial charge in [-0.1, -0.05) is 55.3 Å². The van der Waals surface area contributed by atoms with Crippen molar-refractivity contribution in [1.82, 2.24) is 10.1 Å². The van der Waals surface area contributed by atoms with Gasteiger partial charge in [-0.3, -0.25) is 4.79 Å². The largest absolute Gasteiger partial charge is 0.271 e. The van der Waals surface area contributed by atoms with Gasteiger partial charge in [0.05, 0.1) is 11.1 Å². The Morgan fingerprint density at radius 3 is 2.29 bits per heavy atom.